The summed E-state index contributed by atoms with van der Waals surface area (Å²) in [6.07, 6.45) is 1.94. The maximum atomic E-state index is 12.6. The van der Waals surface area contributed by atoms with Crippen LogP contribution in [-0.4, -0.2) is 30.4 Å². The number of hydrogen-bond acceptors (Lipinski definition) is 5. The maximum Gasteiger partial charge on any atom is 0.340 e. The lowest BCUT2D eigenvalue weighted by atomic mass is 10.1. The van der Waals surface area contributed by atoms with Gasteiger partial charge in [-0.3, -0.25) is 9.59 Å². The molecular formula is C25H23N3O4. The van der Waals surface area contributed by atoms with Crippen LogP contribution in [0.4, 0.5) is 17.1 Å². The number of benzene rings is 3. The van der Waals surface area contributed by atoms with Crippen molar-refractivity contribution in [3.63, 3.8) is 0 Å². The molecule has 162 valence electrons. The third-order valence-corrected chi connectivity index (χ3v) is 4.89. The SMILES string of the molecule is O=C(COC(=O)c1ccccc1Nc1ccccc1)Nc1ccccc1C(=O)NC1CC1. The van der Waals surface area contributed by atoms with Crippen molar-refractivity contribution in [1.29, 1.82) is 0 Å². The number of rotatable bonds is 8. The third kappa shape index (κ3) is 5.51. The fourth-order valence-corrected chi connectivity index (χ4v) is 3.12. The molecular weight excluding hydrogens is 406 g/mol. The molecule has 1 aliphatic carbocycles. The summed E-state index contributed by atoms with van der Waals surface area (Å²) in [5.74, 6) is -1.39. The summed E-state index contributed by atoms with van der Waals surface area (Å²) >= 11 is 0. The molecule has 0 spiro atoms. The van der Waals surface area contributed by atoms with Crippen molar-refractivity contribution in [2.75, 3.05) is 17.2 Å². The minimum atomic E-state index is -0.626. The molecule has 1 aliphatic rings. The Morgan fingerprint density at radius 3 is 2.12 bits per heavy atom. The Hall–Kier alpha value is -4.13. The lowest BCUT2D eigenvalue weighted by Crippen LogP contribution is -2.28. The molecule has 0 saturated heterocycles. The summed E-state index contributed by atoms with van der Waals surface area (Å²) in [6, 6.07) is 23.3. The predicted octanol–water partition coefficient (Wildman–Crippen LogP) is 4.12. The second kappa shape index (κ2) is 9.78. The summed E-state index contributed by atoms with van der Waals surface area (Å²) in [5, 5.41) is 8.73. The van der Waals surface area contributed by atoms with Gasteiger partial charge < -0.3 is 20.7 Å². The minimum absolute atomic E-state index is 0.205. The van der Waals surface area contributed by atoms with E-state index >= 15 is 0 Å². The van der Waals surface area contributed by atoms with Crippen LogP contribution < -0.4 is 16.0 Å². The Morgan fingerprint density at radius 1 is 0.781 bits per heavy atom. The van der Waals surface area contributed by atoms with E-state index in [4.69, 9.17) is 4.74 Å². The van der Waals surface area contributed by atoms with Crippen molar-refractivity contribution >= 4 is 34.8 Å². The molecule has 0 aliphatic heterocycles. The summed E-state index contributed by atoms with van der Waals surface area (Å²) in [6.45, 7) is -0.475. The topological polar surface area (TPSA) is 96.5 Å². The second-order valence-electron chi connectivity index (χ2n) is 7.45. The van der Waals surface area contributed by atoms with Crippen LogP contribution in [0, 0.1) is 0 Å². The molecule has 0 atom stereocenters. The average molecular weight is 429 g/mol. The number of esters is 1. The Bertz CT molecular complexity index is 1130. The fourth-order valence-electron chi connectivity index (χ4n) is 3.12. The van der Waals surface area contributed by atoms with Crippen molar-refractivity contribution < 1.29 is 19.1 Å². The number of hydrogen-bond donors (Lipinski definition) is 3. The monoisotopic (exact) mass is 429 g/mol. The number of anilines is 3. The highest BCUT2D eigenvalue weighted by Gasteiger charge is 2.25. The number of nitrogens with one attached hydrogen (secondary N) is 3. The molecule has 3 N–H and O–H groups in total. The molecule has 2 amide bonds. The van der Waals surface area contributed by atoms with Crippen LogP contribution in [0.25, 0.3) is 0 Å². The lowest BCUT2D eigenvalue weighted by Gasteiger charge is -2.13. The van der Waals surface area contributed by atoms with E-state index in [-0.39, 0.29) is 11.9 Å². The summed E-state index contributed by atoms with van der Waals surface area (Å²) in [7, 11) is 0. The number of ether oxygens (including phenoxy) is 1. The van der Waals surface area contributed by atoms with Gasteiger partial charge in [0.05, 0.1) is 22.5 Å². The zero-order valence-corrected chi connectivity index (χ0v) is 17.3. The fraction of sp³-hybridized carbons (Fsp3) is 0.160. The molecule has 32 heavy (non-hydrogen) atoms. The van der Waals surface area contributed by atoms with E-state index in [9.17, 15) is 14.4 Å². The quantitative estimate of drug-likeness (QED) is 0.468. The minimum Gasteiger partial charge on any atom is -0.452 e. The highest BCUT2D eigenvalue weighted by atomic mass is 16.5. The van der Waals surface area contributed by atoms with Gasteiger partial charge in [0.1, 0.15) is 0 Å². The Balaban J connectivity index is 1.37. The van der Waals surface area contributed by atoms with Crippen LogP contribution in [0.15, 0.2) is 78.9 Å². The first-order chi connectivity index (χ1) is 15.6. The number of carbonyl (C=O) groups excluding carboxylic acids is 3. The van der Waals surface area contributed by atoms with Gasteiger partial charge in [-0.1, -0.05) is 42.5 Å². The molecule has 7 heteroatoms. The van der Waals surface area contributed by atoms with Crippen LogP contribution in [0.3, 0.4) is 0 Å². The molecule has 1 fully saturated rings. The molecule has 7 nitrogen and oxygen atoms in total. The van der Waals surface area contributed by atoms with Crippen LogP contribution in [0.5, 0.6) is 0 Å². The molecule has 4 rings (SSSR count). The van der Waals surface area contributed by atoms with Gasteiger partial charge >= 0.3 is 5.97 Å². The number of para-hydroxylation sites is 3. The van der Waals surface area contributed by atoms with E-state index in [0.29, 0.717) is 22.5 Å². The molecule has 3 aromatic carbocycles. The van der Waals surface area contributed by atoms with Gasteiger partial charge in [0, 0.05) is 11.7 Å². The first-order valence-corrected chi connectivity index (χ1v) is 10.4. The second-order valence-corrected chi connectivity index (χ2v) is 7.45. The largest absolute Gasteiger partial charge is 0.452 e. The van der Waals surface area contributed by atoms with Gasteiger partial charge in [-0.25, -0.2) is 4.79 Å². The summed E-state index contributed by atoms with van der Waals surface area (Å²) in [5.41, 5.74) is 2.46. The summed E-state index contributed by atoms with van der Waals surface area (Å²) < 4.78 is 5.22. The highest BCUT2D eigenvalue weighted by Crippen LogP contribution is 2.23. The molecule has 0 radical (unpaired) electrons. The zero-order valence-electron chi connectivity index (χ0n) is 17.3. The normalized spacial score (nSPS) is 12.5. The van der Waals surface area contributed by atoms with Gasteiger partial charge in [0.25, 0.3) is 11.8 Å². The van der Waals surface area contributed by atoms with Crippen LogP contribution in [-0.2, 0) is 9.53 Å². The van der Waals surface area contributed by atoms with E-state index in [1.165, 1.54) is 0 Å². The predicted molar refractivity (Wildman–Crippen MR) is 122 cm³/mol. The molecule has 0 aromatic heterocycles. The Labute approximate surface area is 185 Å². The zero-order chi connectivity index (χ0) is 22.3. The van der Waals surface area contributed by atoms with Gasteiger partial charge in [0.2, 0.25) is 0 Å². The van der Waals surface area contributed by atoms with Gasteiger partial charge in [-0.2, -0.15) is 0 Å². The molecule has 0 bridgehead atoms. The smallest absolute Gasteiger partial charge is 0.340 e. The van der Waals surface area contributed by atoms with Crippen LogP contribution in [0.2, 0.25) is 0 Å². The summed E-state index contributed by atoms with van der Waals surface area (Å²) in [4.78, 5) is 37.4. The first kappa shape index (κ1) is 21.1. The van der Waals surface area contributed by atoms with Gasteiger partial charge in [0.15, 0.2) is 6.61 Å². The lowest BCUT2D eigenvalue weighted by molar-refractivity contribution is -0.119. The van der Waals surface area contributed by atoms with Crippen LogP contribution in [0.1, 0.15) is 33.6 Å². The van der Waals surface area contributed by atoms with Crippen molar-refractivity contribution in [2.45, 2.75) is 18.9 Å². The van der Waals surface area contributed by atoms with E-state index < -0.39 is 18.5 Å². The average Bonchev–Trinajstić information content (AvgIpc) is 3.63. The highest BCUT2D eigenvalue weighted by molar-refractivity contribution is 6.05. The van der Waals surface area contributed by atoms with Crippen molar-refractivity contribution in [2.24, 2.45) is 0 Å². The number of amides is 2. The molecule has 0 heterocycles. The van der Waals surface area contributed by atoms with Crippen molar-refractivity contribution in [3.8, 4) is 0 Å². The van der Waals surface area contributed by atoms with Gasteiger partial charge in [-0.05, 0) is 49.2 Å². The van der Waals surface area contributed by atoms with Crippen molar-refractivity contribution in [1.82, 2.24) is 5.32 Å². The molecule has 1 saturated carbocycles. The molecule has 3 aromatic rings. The Morgan fingerprint density at radius 2 is 1.41 bits per heavy atom. The Kier molecular flexibility index (Phi) is 6.46. The van der Waals surface area contributed by atoms with E-state index in [1.54, 1.807) is 48.5 Å². The first-order valence-electron chi connectivity index (χ1n) is 10.4. The number of carbonyl (C=O) groups is 3. The standard InChI is InChI=1S/C25H23N3O4/c29-23(28-21-12-6-4-10-19(21)24(30)27-18-14-15-18)16-32-25(31)20-11-5-7-13-22(20)26-17-8-2-1-3-9-17/h1-13,18,26H,14-16H2,(H,27,30)(H,28,29). The molecule has 0 unspecified atom stereocenters. The van der Waals surface area contributed by atoms with E-state index in [2.05, 4.69) is 16.0 Å². The van der Waals surface area contributed by atoms with Gasteiger partial charge in [-0.15, -0.1) is 0 Å². The third-order valence-electron chi connectivity index (χ3n) is 4.89. The van der Waals surface area contributed by atoms with Crippen LogP contribution >= 0.6 is 0 Å². The van der Waals surface area contributed by atoms with Crippen molar-refractivity contribution in [3.05, 3.63) is 90.0 Å². The maximum absolute atomic E-state index is 12.6. The van der Waals surface area contributed by atoms with E-state index in [0.717, 1.165) is 18.5 Å². The van der Waals surface area contributed by atoms with E-state index in [1.807, 2.05) is 30.3 Å².